The Morgan fingerprint density at radius 2 is 2.00 bits per heavy atom. The highest BCUT2D eigenvalue weighted by Crippen LogP contribution is 2.05. The van der Waals surface area contributed by atoms with Crippen LogP contribution in [0, 0.1) is 19.3 Å². The van der Waals surface area contributed by atoms with Crippen LogP contribution in [0.5, 0.6) is 0 Å². The molecule has 0 saturated carbocycles. The molecule has 0 aliphatic rings. The Morgan fingerprint density at radius 3 is 2.62 bits per heavy atom. The second kappa shape index (κ2) is 6.69. The van der Waals surface area contributed by atoms with Crippen molar-refractivity contribution >= 4 is 0 Å². The average Bonchev–Trinajstić information content (AvgIpc) is 2.29. The highest BCUT2D eigenvalue weighted by molar-refractivity contribution is 5.25. The largest absolute Gasteiger partial charge is 0.120 e. The molecule has 0 nitrogen and oxygen atoms in total. The van der Waals surface area contributed by atoms with Gasteiger partial charge in [-0.1, -0.05) is 53.6 Å². The molecule has 0 spiro atoms. The second-order valence-corrected chi connectivity index (χ2v) is 3.95. The van der Waals surface area contributed by atoms with E-state index in [0.29, 0.717) is 6.42 Å². The normalized spacial score (nSPS) is 11.7. The summed E-state index contributed by atoms with van der Waals surface area (Å²) >= 11 is 0. The maximum Gasteiger partial charge on any atom is 0.0272 e. The van der Waals surface area contributed by atoms with Crippen LogP contribution in [0.1, 0.15) is 24.5 Å². The zero-order chi connectivity index (χ0) is 11.8. The maximum absolute atomic E-state index is 5.19. The van der Waals surface area contributed by atoms with Crippen molar-refractivity contribution in [1.82, 2.24) is 0 Å². The molecule has 1 aromatic carbocycles. The van der Waals surface area contributed by atoms with E-state index >= 15 is 0 Å². The summed E-state index contributed by atoms with van der Waals surface area (Å²) in [6.07, 6.45) is 13.2. The van der Waals surface area contributed by atoms with Crippen molar-refractivity contribution in [1.29, 1.82) is 0 Å². The first-order valence-electron chi connectivity index (χ1n) is 5.54. The van der Waals surface area contributed by atoms with Crippen LogP contribution in [0.3, 0.4) is 0 Å². The summed E-state index contributed by atoms with van der Waals surface area (Å²) in [7, 11) is 0. The molecule has 1 aromatic rings. The van der Waals surface area contributed by atoms with Crippen LogP contribution in [-0.2, 0) is 6.42 Å². The molecule has 0 N–H and O–H groups in total. The van der Waals surface area contributed by atoms with Crippen LogP contribution in [0.2, 0.25) is 0 Å². The van der Waals surface area contributed by atoms with Gasteiger partial charge in [0.05, 0.1) is 0 Å². The minimum atomic E-state index is 0.709. The Morgan fingerprint density at radius 1 is 1.31 bits per heavy atom. The third kappa shape index (κ3) is 4.66. The van der Waals surface area contributed by atoms with Crippen molar-refractivity contribution in [3.63, 3.8) is 0 Å². The molecule has 0 aromatic heterocycles. The summed E-state index contributed by atoms with van der Waals surface area (Å²) in [5.41, 5.74) is 3.87. The smallest absolute Gasteiger partial charge is 0.0272 e. The number of benzene rings is 1. The molecular formula is C16H18. The fourth-order valence-corrected chi connectivity index (χ4v) is 1.39. The van der Waals surface area contributed by atoms with Crippen LogP contribution >= 0.6 is 0 Å². The first kappa shape index (κ1) is 12.3. The molecule has 1 rings (SSSR count). The van der Waals surface area contributed by atoms with Crippen molar-refractivity contribution in [2.75, 3.05) is 0 Å². The molecule has 16 heavy (non-hydrogen) atoms. The third-order valence-electron chi connectivity index (χ3n) is 2.40. The zero-order valence-electron chi connectivity index (χ0n) is 10.0. The Kier molecular flexibility index (Phi) is 5.16. The van der Waals surface area contributed by atoms with E-state index in [1.54, 1.807) is 0 Å². The molecule has 0 aliphatic heterocycles. The van der Waals surface area contributed by atoms with Crippen molar-refractivity contribution in [2.45, 2.75) is 26.7 Å². The molecule has 0 amide bonds. The van der Waals surface area contributed by atoms with E-state index in [4.69, 9.17) is 6.42 Å². The fourth-order valence-electron chi connectivity index (χ4n) is 1.39. The molecule has 0 atom stereocenters. The number of hydrogen-bond donors (Lipinski definition) is 0. The summed E-state index contributed by atoms with van der Waals surface area (Å²) in [6, 6.07) is 8.62. The molecule has 0 unspecified atom stereocenters. The highest BCUT2D eigenvalue weighted by Gasteiger charge is 1.88. The van der Waals surface area contributed by atoms with Gasteiger partial charge in [-0.25, -0.2) is 0 Å². The van der Waals surface area contributed by atoms with Gasteiger partial charge in [0.25, 0.3) is 0 Å². The second-order valence-electron chi connectivity index (χ2n) is 3.95. The predicted octanol–water partition coefficient (Wildman–Crippen LogP) is 4.06. The molecule has 0 heterocycles. The van der Waals surface area contributed by atoms with Gasteiger partial charge >= 0.3 is 0 Å². The Labute approximate surface area is 98.7 Å². The van der Waals surface area contributed by atoms with Gasteiger partial charge in [-0.3, -0.25) is 0 Å². The third-order valence-corrected chi connectivity index (χ3v) is 2.40. The van der Waals surface area contributed by atoms with Crippen molar-refractivity contribution in [3.05, 3.63) is 59.2 Å². The lowest BCUT2D eigenvalue weighted by Gasteiger charge is -1.97. The number of rotatable bonds is 4. The molecule has 82 valence electrons. The van der Waals surface area contributed by atoms with Gasteiger partial charge in [0.15, 0.2) is 0 Å². The molecule has 0 aliphatic carbocycles. The minimum Gasteiger partial charge on any atom is -0.120 e. The predicted molar refractivity (Wildman–Crippen MR) is 71.2 cm³/mol. The average molecular weight is 210 g/mol. The van der Waals surface area contributed by atoms with Crippen molar-refractivity contribution < 1.29 is 0 Å². The van der Waals surface area contributed by atoms with Gasteiger partial charge in [-0.15, -0.1) is 12.3 Å². The van der Waals surface area contributed by atoms with Gasteiger partial charge in [0.2, 0.25) is 0 Å². The van der Waals surface area contributed by atoms with E-state index in [1.807, 2.05) is 0 Å². The molecule has 0 fully saturated rings. The van der Waals surface area contributed by atoms with E-state index in [2.05, 4.69) is 62.3 Å². The molecule has 0 bridgehead atoms. The lowest BCUT2D eigenvalue weighted by Crippen LogP contribution is -1.81. The zero-order valence-corrected chi connectivity index (χ0v) is 10.0. The number of aryl methyl sites for hydroxylation is 1. The number of allylic oxidation sites excluding steroid dienone is 4. The van der Waals surface area contributed by atoms with Gasteiger partial charge in [-0.05, 0) is 25.8 Å². The van der Waals surface area contributed by atoms with Gasteiger partial charge < -0.3 is 0 Å². The number of terminal acetylenes is 1. The van der Waals surface area contributed by atoms with Crippen molar-refractivity contribution in [2.24, 2.45) is 0 Å². The summed E-state index contributed by atoms with van der Waals surface area (Å²) in [5.74, 6) is 2.60. The lowest BCUT2D eigenvalue weighted by atomic mass is 10.1. The standard InChI is InChI=1S/C16H18/c1-4-5-7-14(2)8-6-9-16-12-10-15(3)11-13-16/h1,6-8,10-13H,5,9H2,2-3H3/b8-6-,14-7-. The van der Waals surface area contributed by atoms with Crippen LogP contribution in [0.25, 0.3) is 0 Å². The quantitative estimate of drug-likeness (QED) is 0.519. The summed E-state index contributed by atoms with van der Waals surface area (Å²) in [6.45, 7) is 4.18. The van der Waals surface area contributed by atoms with Crippen LogP contribution in [0.15, 0.2) is 48.1 Å². The topological polar surface area (TPSA) is 0 Å². The SMILES string of the molecule is C#CC/C=C(C)\C=C/Cc1ccc(C)cc1. The monoisotopic (exact) mass is 210 g/mol. The maximum atomic E-state index is 5.19. The van der Waals surface area contributed by atoms with Crippen molar-refractivity contribution in [3.8, 4) is 12.3 Å². The van der Waals surface area contributed by atoms with E-state index in [0.717, 1.165) is 6.42 Å². The first-order chi connectivity index (χ1) is 7.72. The first-order valence-corrected chi connectivity index (χ1v) is 5.54. The van der Waals surface area contributed by atoms with Crippen LogP contribution < -0.4 is 0 Å². The summed E-state index contributed by atoms with van der Waals surface area (Å²) in [4.78, 5) is 0. The Bertz CT molecular complexity index is 410. The van der Waals surface area contributed by atoms with E-state index in [1.165, 1.54) is 16.7 Å². The summed E-state index contributed by atoms with van der Waals surface area (Å²) in [5, 5.41) is 0. The van der Waals surface area contributed by atoms with E-state index < -0.39 is 0 Å². The van der Waals surface area contributed by atoms with Gasteiger partial charge in [0.1, 0.15) is 0 Å². The highest BCUT2D eigenvalue weighted by atomic mass is 13.9. The molecular weight excluding hydrogens is 192 g/mol. The molecule has 0 saturated heterocycles. The number of hydrogen-bond acceptors (Lipinski definition) is 0. The van der Waals surface area contributed by atoms with E-state index in [-0.39, 0.29) is 0 Å². The van der Waals surface area contributed by atoms with Gasteiger partial charge in [0, 0.05) is 6.42 Å². The lowest BCUT2D eigenvalue weighted by molar-refractivity contribution is 1.24. The fraction of sp³-hybridized carbons (Fsp3) is 0.250. The van der Waals surface area contributed by atoms with Crippen LogP contribution in [0.4, 0.5) is 0 Å². The summed E-state index contributed by atoms with van der Waals surface area (Å²) < 4.78 is 0. The molecule has 0 heteroatoms. The van der Waals surface area contributed by atoms with E-state index in [9.17, 15) is 0 Å². The van der Waals surface area contributed by atoms with Gasteiger partial charge in [-0.2, -0.15) is 0 Å². The minimum absolute atomic E-state index is 0.709. The Hall–Kier alpha value is -1.74. The molecule has 0 radical (unpaired) electrons. The Balaban J connectivity index is 2.48. The van der Waals surface area contributed by atoms with Crippen LogP contribution in [-0.4, -0.2) is 0 Å².